The maximum Gasteiger partial charge on any atom is 0.232 e. The summed E-state index contributed by atoms with van der Waals surface area (Å²) in [6.07, 6.45) is 10.0. The number of hydrogen-bond acceptors (Lipinski definition) is 3. The van der Waals surface area contributed by atoms with Crippen LogP contribution in [0.4, 0.5) is 0 Å². The lowest BCUT2D eigenvalue weighted by Crippen LogP contribution is -2.36. The van der Waals surface area contributed by atoms with Gasteiger partial charge in [0.1, 0.15) is 11.4 Å². The molecule has 0 aromatic carbocycles. The lowest BCUT2D eigenvalue weighted by molar-refractivity contribution is -0.133. The van der Waals surface area contributed by atoms with Gasteiger partial charge < -0.3 is 4.74 Å². The smallest absolute Gasteiger partial charge is 0.232 e. The van der Waals surface area contributed by atoms with Gasteiger partial charge in [-0.25, -0.2) is 0 Å². The molecule has 2 rings (SSSR count). The summed E-state index contributed by atoms with van der Waals surface area (Å²) in [6.45, 7) is 11.9. The first-order valence-electron chi connectivity index (χ1n) is 8.82. The Bertz CT molecular complexity index is 748. The predicted octanol–water partition coefficient (Wildman–Crippen LogP) is 5.16. The summed E-state index contributed by atoms with van der Waals surface area (Å²) in [4.78, 5) is 24.7. The molecule has 134 valence electrons. The van der Waals surface area contributed by atoms with Crippen molar-refractivity contribution < 1.29 is 14.3 Å². The molecule has 1 heterocycles. The van der Waals surface area contributed by atoms with E-state index in [4.69, 9.17) is 4.74 Å². The van der Waals surface area contributed by atoms with Gasteiger partial charge in [-0.3, -0.25) is 9.59 Å². The fourth-order valence-electron chi connectivity index (χ4n) is 3.02. The standard InChI is InChI=1S/C22H28O3/c1-14(2)8-7-12-22(6)13-11-18-20(24)19(23)16(5)17(21(18)25-22)10-9-15(3)4/h7-9,12H,10-11,13H2,1-6H3/b12-7+/t22-/m0/s1. The summed E-state index contributed by atoms with van der Waals surface area (Å²) in [5, 5.41) is 0. The van der Waals surface area contributed by atoms with Gasteiger partial charge in [-0.2, -0.15) is 0 Å². The molecule has 0 radical (unpaired) electrons. The molecule has 0 saturated heterocycles. The lowest BCUT2D eigenvalue weighted by Gasteiger charge is -2.37. The Labute approximate surface area is 150 Å². The molecule has 0 N–H and O–H groups in total. The van der Waals surface area contributed by atoms with Gasteiger partial charge >= 0.3 is 0 Å². The molecule has 0 fully saturated rings. The molecule has 0 spiro atoms. The third kappa shape index (κ3) is 4.28. The van der Waals surface area contributed by atoms with E-state index in [1.807, 2.05) is 52.8 Å². The summed E-state index contributed by atoms with van der Waals surface area (Å²) in [5.41, 5.74) is 3.83. The van der Waals surface area contributed by atoms with Gasteiger partial charge in [0.05, 0.1) is 0 Å². The van der Waals surface area contributed by atoms with Crippen molar-refractivity contribution in [3.8, 4) is 0 Å². The van der Waals surface area contributed by atoms with E-state index >= 15 is 0 Å². The van der Waals surface area contributed by atoms with Gasteiger partial charge in [0.25, 0.3) is 0 Å². The van der Waals surface area contributed by atoms with E-state index in [-0.39, 0.29) is 5.78 Å². The summed E-state index contributed by atoms with van der Waals surface area (Å²) in [6, 6.07) is 0. The summed E-state index contributed by atoms with van der Waals surface area (Å²) < 4.78 is 6.30. The SMILES string of the molecule is CC(C)=C/C=C/[C@@]1(C)CCC2=C(O1)C(CC=C(C)C)=C(C)C(=O)C2=O. The highest BCUT2D eigenvalue weighted by Gasteiger charge is 2.40. The molecule has 25 heavy (non-hydrogen) atoms. The van der Waals surface area contributed by atoms with Gasteiger partial charge in [-0.1, -0.05) is 29.4 Å². The fraction of sp³-hybridized carbons (Fsp3) is 0.455. The topological polar surface area (TPSA) is 43.4 Å². The van der Waals surface area contributed by atoms with Crippen molar-refractivity contribution in [3.63, 3.8) is 0 Å². The van der Waals surface area contributed by atoms with Crippen LogP contribution < -0.4 is 0 Å². The van der Waals surface area contributed by atoms with Crippen LogP contribution in [0, 0.1) is 0 Å². The van der Waals surface area contributed by atoms with E-state index in [0.717, 1.165) is 5.57 Å². The molecule has 0 unspecified atom stereocenters. The van der Waals surface area contributed by atoms with Crippen molar-refractivity contribution in [1.82, 2.24) is 0 Å². The Morgan fingerprint density at radius 1 is 1.12 bits per heavy atom. The van der Waals surface area contributed by atoms with Crippen LogP contribution >= 0.6 is 0 Å². The molecule has 1 aliphatic heterocycles. The molecule has 0 amide bonds. The molecule has 2 aliphatic rings. The molecule has 0 saturated carbocycles. The van der Waals surface area contributed by atoms with Crippen molar-refractivity contribution in [3.05, 3.63) is 57.9 Å². The van der Waals surface area contributed by atoms with Crippen LogP contribution in [0.5, 0.6) is 0 Å². The number of ether oxygens (including phenoxy) is 1. The second-order valence-corrected chi connectivity index (χ2v) is 7.57. The van der Waals surface area contributed by atoms with Crippen LogP contribution in [0.2, 0.25) is 0 Å². The average molecular weight is 340 g/mol. The molecule has 0 aromatic rings. The molecule has 0 bridgehead atoms. The first-order chi connectivity index (χ1) is 11.6. The molecular formula is C22H28O3. The first kappa shape index (κ1) is 19.2. The number of Topliss-reactive ketones (excluding diaryl/α,β-unsaturated/α-hetero) is 2. The molecular weight excluding hydrogens is 312 g/mol. The minimum absolute atomic E-state index is 0.386. The van der Waals surface area contributed by atoms with Gasteiger partial charge in [0.2, 0.25) is 11.6 Å². The summed E-state index contributed by atoms with van der Waals surface area (Å²) in [5.74, 6) is -0.165. The normalized spacial score (nSPS) is 23.6. The predicted molar refractivity (Wildman–Crippen MR) is 101 cm³/mol. The van der Waals surface area contributed by atoms with E-state index < -0.39 is 11.4 Å². The number of carbonyl (C=O) groups is 2. The van der Waals surface area contributed by atoms with E-state index in [9.17, 15) is 9.59 Å². The highest BCUT2D eigenvalue weighted by molar-refractivity contribution is 6.50. The number of ketones is 2. The maximum atomic E-state index is 12.4. The van der Waals surface area contributed by atoms with E-state index in [0.29, 0.717) is 36.2 Å². The Morgan fingerprint density at radius 3 is 2.40 bits per heavy atom. The number of rotatable bonds is 4. The second kappa shape index (κ2) is 7.38. The van der Waals surface area contributed by atoms with Gasteiger partial charge in [-0.15, -0.1) is 0 Å². The van der Waals surface area contributed by atoms with Crippen LogP contribution in [0.1, 0.15) is 60.8 Å². The summed E-state index contributed by atoms with van der Waals surface area (Å²) in [7, 11) is 0. The number of carbonyl (C=O) groups excluding carboxylic acids is 2. The Kier molecular flexibility index (Phi) is 5.66. The van der Waals surface area contributed by atoms with E-state index in [1.165, 1.54) is 11.1 Å². The van der Waals surface area contributed by atoms with Crippen LogP contribution in [-0.2, 0) is 14.3 Å². The third-order valence-electron chi connectivity index (χ3n) is 4.62. The van der Waals surface area contributed by atoms with Crippen LogP contribution in [0.25, 0.3) is 0 Å². The maximum absolute atomic E-state index is 12.4. The van der Waals surface area contributed by atoms with Crippen molar-refractivity contribution in [2.75, 3.05) is 0 Å². The molecule has 3 nitrogen and oxygen atoms in total. The number of hydrogen-bond donors (Lipinski definition) is 0. The second-order valence-electron chi connectivity index (χ2n) is 7.57. The van der Waals surface area contributed by atoms with E-state index in [1.54, 1.807) is 6.92 Å². The number of allylic oxidation sites excluding steroid dienone is 8. The minimum Gasteiger partial charge on any atom is -0.483 e. The van der Waals surface area contributed by atoms with Crippen LogP contribution in [0.15, 0.2) is 57.9 Å². The lowest BCUT2D eigenvalue weighted by atomic mass is 9.81. The molecule has 1 atom stereocenters. The molecule has 1 aliphatic carbocycles. The molecule has 3 heteroatoms. The zero-order valence-electron chi connectivity index (χ0n) is 16.2. The van der Waals surface area contributed by atoms with Crippen molar-refractivity contribution in [2.24, 2.45) is 0 Å². The van der Waals surface area contributed by atoms with E-state index in [2.05, 4.69) is 6.08 Å². The highest BCUT2D eigenvalue weighted by Crippen LogP contribution is 2.41. The Hall–Kier alpha value is -2.16. The first-order valence-corrected chi connectivity index (χ1v) is 8.82. The minimum atomic E-state index is -0.470. The largest absolute Gasteiger partial charge is 0.483 e. The van der Waals surface area contributed by atoms with Gasteiger partial charge in [0.15, 0.2) is 0 Å². The monoisotopic (exact) mass is 340 g/mol. The highest BCUT2D eigenvalue weighted by atomic mass is 16.5. The fourth-order valence-corrected chi connectivity index (χ4v) is 3.02. The van der Waals surface area contributed by atoms with Crippen molar-refractivity contribution in [2.45, 2.75) is 66.4 Å². The van der Waals surface area contributed by atoms with Crippen LogP contribution in [-0.4, -0.2) is 17.2 Å². The Morgan fingerprint density at radius 2 is 1.80 bits per heavy atom. The van der Waals surface area contributed by atoms with Gasteiger partial charge in [0, 0.05) is 16.7 Å². The average Bonchev–Trinajstić information content (AvgIpc) is 2.52. The quantitative estimate of drug-likeness (QED) is 0.307. The Balaban J connectivity index is 2.42. The third-order valence-corrected chi connectivity index (χ3v) is 4.62. The zero-order valence-corrected chi connectivity index (χ0v) is 16.2. The summed E-state index contributed by atoms with van der Waals surface area (Å²) >= 11 is 0. The molecule has 0 aromatic heterocycles. The van der Waals surface area contributed by atoms with Gasteiger partial charge in [-0.05, 0) is 66.9 Å². The van der Waals surface area contributed by atoms with Crippen molar-refractivity contribution in [1.29, 1.82) is 0 Å². The zero-order chi connectivity index (χ0) is 18.8. The van der Waals surface area contributed by atoms with Crippen molar-refractivity contribution >= 4 is 11.6 Å². The van der Waals surface area contributed by atoms with Crippen LogP contribution in [0.3, 0.4) is 0 Å².